The van der Waals surface area contributed by atoms with Crippen molar-refractivity contribution in [2.24, 2.45) is 0 Å². The summed E-state index contributed by atoms with van der Waals surface area (Å²) < 4.78 is 23.1. The van der Waals surface area contributed by atoms with Crippen LogP contribution in [0.2, 0.25) is 0 Å². The third-order valence-electron chi connectivity index (χ3n) is 0.235. The Balaban J connectivity index is 0. The van der Waals surface area contributed by atoms with E-state index in [0.29, 0.717) is 0 Å². The molecule has 0 aromatic carbocycles. The fourth-order valence-electron chi connectivity index (χ4n) is 0.105. The molecule has 0 aliphatic carbocycles. The molecule has 0 saturated heterocycles. The average molecular weight is 340 g/mol. The Kier molecular flexibility index (Phi) is 11.0. The molecule has 0 atom stereocenters. The molecule has 3 nitrogen and oxygen atoms in total. The number of hydrogen-bond donors (Lipinski definition) is 0. The summed E-state index contributed by atoms with van der Waals surface area (Å²) >= 11 is -3.22. The van der Waals surface area contributed by atoms with Gasteiger partial charge in [-0.3, -0.25) is 0 Å². The molecule has 0 aliphatic rings. The van der Waals surface area contributed by atoms with Gasteiger partial charge in [0, 0.05) is 0 Å². The van der Waals surface area contributed by atoms with Crippen LogP contribution in [0.15, 0.2) is 0 Å². The minimum absolute atomic E-state index is 0. The van der Waals surface area contributed by atoms with Gasteiger partial charge in [0.25, 0.3) is 0 Å². The topological polar surface area (TPSA) is 43.4 Å². The van der Waals surface area contributed by atoms with Gasteiger partial charge in [0.2, 0.25) is 0 Å². The van der Waals surface area contributed by atoms with Crippen LogP contribution >= 0.6 is 0 Å². The maximum atomic E-state index is 9.50. The molecular weight excluding hydrogens is 332 g/mol. The molecule has 0 fully saturated rings. The third kappa shape index (κ3) is 11.0. The Morgan fingerprint density at radius 1 is 1.57 bits per heavy atom. The summed E-state index contributed by atoms with van der Waals surface area (Å²) in [5.74, 6) is 0. The Bertz CT molecular complexity index is 80.9. The van der Waals surface area contributed by atoms with Gasteiger partial charge in [0.15, 0.2) is 0 Å². The molecule has 0 aromatic rings. The van der Waals surface area contributed by atoms with Gasteiger partial charge in [-0.15, -0.1) is 0 Å². The average Bonchev–Trinajstić information content (AvgIpc) is 1.35. The molecule has 0 bridgehead atoms. The minimum atomic E-state index is -3.22. The van der Waals surface area contributed by atoms with Crippen LogP contribution in [0.3, 0.4) is 0 Å². The summed E-state index contributed by atoms with van der Waals surface area (Å²) in [7, 11) is 0. The van der Waals surface area contributed by atoms with Crippen molar-refractivity contribution < 1.29 is 26.4 Å². The first-order chi connectivity index (χ1) is 2.77. The van der Waals surface area contributed by atoms with Crippen molar-refractivity contribution in [2.75, 3.05) is 6.61 Å². The van der Waals surface area contributed by atoms with E-state index in [9.17, 15) is 7.35 Å². The van der Waals surface area contributed by atoms with Gasteiger partial charge < -0.3 is 0 Å². The van der Waals surface area contributed by atoms with Gasteiger partial charge in [-0.1, -0.05) is 0 Å². The van der Waals surface area contributed by atoms with Crippen molar-refractivity contribution in [1.29, 1.82) is 0 Å². The van der Waals surface area contributed by atoms with Crippen LogP contribution < -0.4 is 0 Å². The zero-order valence-corrected chi connectivity index (χ0v) is 11.0. The Morgan fingerprint density at radius 2 is 2.00 bits per heavy atom. The van der Waals surface area contributed by atoms with Gasteiger partial charge in [0.1, 0.15) is 0 Å². The van der Waals surface area contributed by atoms with Gasteiger partial charge in [-0.2, -0.15) is 0 Å². The van der Waals surface area contributed by atoms with Crippen molar-refractivity contribution in [2.45, 2.75) is 6.92 Å². The van der Waals surface area contributed by atoms with Crippen LogP contribution in [0.25, 0.3) is 0 Å². The quantitative estimate of drug-likeness (QED) is 0.610. The van der Waals surface area contributed by atoms with Gasteiger partial charge in [0.05, 0.1) is 0 Å². The van der Waals surface area contributed by atoms with E-state index >= 15 is 0 Å². The summed E-state index contributed by atoms with van der Waals surface area (Å²) in [5.41, 5.74) is 0. The van der Waals surface area contributed by atoms with Crippen LogP contribution in [0.1, 0.15) is 6.92 Å². The van der Waals surface area contributed by atoms with Crippen molar-refractivity contribution in [3.8, 4) is 0 Å². The number of rotatable bonds is 2. The molecule has 0 rings (SSSR count). The standard InChI is InChI=1S/C2H5O.Bi.2O.V.3H/c1-2-3;;;;;;;/h2H2,1H3;;;;;;;/q-1;;;;+1;;;. The predicted octanol–water partition coefficient (Wildman–Crippen LogP) is -0.937. The second-order valence-corrected chi connectivity index (χ2v) is 1.74. The molecule has 0 aliphatic heterocycles. The van der Waals surface area contributed by atoms with Crippen molar-refractivity contribution >= 4 is 26.2 Å². The first-order valence-electron chi connectivity index (χ1n) is 1.54. The molecule has 0 amide bonds. The van der Waals surface area contributed by atoms with E-state index in [1.165, 1.54) is 0 Å². The summed E-state index contributed by atoms with van der Waals surface area (Å²) in [5, 5.41) is 0. The molecule has 0 heterocycles. The van der Waals surface area contributed by atoms with Crippen LogP contribution in [-0.2, 0) is 26.4 Å². The van der Waals surface area contributed by atoms with Crippen molar-refractivity contribution in [3.05, 3.63) is 0 Å². The molecule has 5 heteroatoms. The SMILES string of the molecule is CC[O][V](=[O])=[O].[BiH3]. The molecule has 0 aromatic heterocycles. The summed E-state index contributed by atoms with van der Waals surface area (Å²) in [6, 6.07) is 0. The zero-order valence-electron chi connectivity index (χ0n) is 4.09. The van der Waals surface area contributed by atoms with Gasteiger partial charge in [-0.25, -0.2) is 0 Å². The van der Waals surface area contributed by atoms with Gasteiger partial charge >= 0.3 is 66.1 Å². The van der Waals surface area contributed by atoms with Crippen LogP contribution in [-0.4, -0.2) is 32.8 Å². The Morgan fingerprint density at radius 3 is 2.00 bits per heavy atom. The molecular formula is C2H8BiO3V. The van der Waals surface area contributed by atoms with E-state index in [0.717, 1.165) is 0 Å². The molecule has 0 radical (unpaired) electrons. The number of hydrogen-bond acceptors (Lipinski definition) is 3. The van der Waals surface area contributed by atoms with E-state index < -0.39 is 15.4 Å². The molecule has 0 saturated carbocycles. The Hall–Kier alpha value is 1.03. The monoisotopic (exact) mass is 340 g/mol. The summed E-state index contributed by atoms with van der Waals surface area (Å²) in [4.78, 5) is 0. The van der Waals surface area contributed by atoms with Crippen LogP contribution in [0, 0.1) is 0 Å². The second kappa shape index (κ2) is 7.03. The fourth-order valence-corrected chi connectivity index (χ4v) is 0.435. The third-order valence-corrected chi connectivity index (χ3v) is 0.967. The zero-order chi connectivity index (χ0) is 4.99. The van der Waals surface area contributed by atoms with E-state index in [4.69, 9.17) is 0 Å². The van der Waals surface area contributed by atoms with E-state index in [1.807, 2.05) is 0 Å². The van der Waals surface area contributed by atoms with E-state index in [-0.39, 0.29) is 32.8 Å². The summed E-state index contributed by atoms with van der Waals surface area (Å²) in [6.45, 7) is 1.91. The normalized spacial score (nSPS) is 7.00. The molecule has 7 heavy (non-hydrogen) atoms. The van der Waals surface area contributed by atoms with Crippen molar-refractivity contribution in [3.63, 3.8) is 0 Å². The van der Waals surface area contributed by atoms with E-state index in [2.05, 4.69) is 3.66 Å². The predicted molar refractivity (Wildman–Crippen MR) is 22.9 cm³/mol. The van der Waals surface area contributed by atoms with Crippen LogP contribution in [0.5, 0.6) is 0 Å². The van der Waals surface area contributed by atoms with Crippen LogP contribution in [0.4, 0.5) is 0 Å². The van der Waals surface area contributed by atoms with Crippen molar-refractivity contribution in [1.82, 2.24) is 0 Å². The second-order valence-electron chi connectivity index (χ2n) is 0.641. The molecule has 44 valence electrons. The first-order valence-corrected chi connectivity index (χ1v) is 3.25. The first kappa shape index (κ1) is 10.9. The van der Waals surface area contributed by atoms with E-state index in [1.54, 1.807) is 6.92 Å². The molecule has 0 unspecified atom stereocenters. The fraction of sp³-hybridized carbons (Fsp3) is 1.00. The van der Waals surface area contributed by atoms with Gasteiger partial charge in [-0.05, 0) is 0 Å². The summed E-state index contributed by atoms with van der Waals surface area (Å²) in [6.07, 6.45) is 0. The molecule has 0 N–H and O–H groups in total. The maximum absolute atomic E-state index is 9.50. The Labute approximate surface area is 65.9 Å². The molecule has 0 spiro atoms.